The second-order valence-electron chi connectivity index (χ2n) is 2.40. The van der Waals surface area contributed by atoms with E-state index in [2.05, 4.69) is 11.9 Å². The fraction of sp³-hybridized carbons (Fsp3) is 0.571. The Morgan fingerprint density at radius 3 is 2.64 bits per heavy atom. The van der Waals surface area contributed by atoms with Crippen LogP contribution in [-0.2, 0) is 4.79 Å². The smallest absolute Gasteiger partial charge is 0.335 e. The molecule has 11 heavy (non-hydrogen) atoms. The molecule has 0 rings (SSSR count). The third kappa shape index (κ3) is 3.75. The Morgan fingerprint density at radius 2 is 2.36 bits per heavy atom. The molecule has 4 nitrogen and oxygen atoms in total. The normalized spacial score (nSPS) is 13.0. The van der Waals surface area contributed by atoms with Crippen molar-refractivity contribution in [1.82, 2.24) is 10.2 Å². The van der Waals surface area contributed by atoms with Crippen LogP contribution in [0.25, 0.3) is 0 Å². The zero-order valence-electron chi connectivity index (χ0n) is 6.87. The van der Waals surface area contributed by atoms with E-state index in [1.54, 1.807) is 25.1 Å². The van der Waals surface area contributed by atoms with Crippen molar-refractivity contribution in [3.8, 4) is 0 Å². The third-order valence-corrected chi connectivity index (χ3v) is 1.21. The number of hydrogen-bond donors (Lipinski definition) is 2. The summed E-state index contributed by atoms with van der Waals surface area (Å²) >= 11 is 0. The molecule has 0 amide bonds. The Hall–Kier alpha value is -0.870. The number of nitrogens with zero attached hydrogens (tertiary/aromatic N) is 1. The molecule has 64 valence electrons. The minimum atomic E-state index is -0.878. The predicted octanol–water partition coefficient (Wildman–Crippen LogP) is -0.266. The molecule has 0 radical (unpaired) electrons. The van der Waals surface area contributed by atoms with Crippen LogP contribution in [0.1, 0.15) is 0 Å². The quantitative estimate of drug-likeness (QED) is 0.427. The van der Waals surface area contributed by atoms with Crippen molar-refractivity contribution in [3.05, 3.63) is 12.7 Å². The minimum Gasteiger partial charge on any atom is -0.479 e. The molecule has 1 atom stereocenters. The van der Waals surface area contributed by atoms with Crippen LogP contribution in [0.4, 0.5) is 0 Å². The summed E-state index contributed by atoms with van der Waals surface area (Å²) < 4.78 is 0. The standard InChI is InChI=1S/C7H14N2O2/c1-4-5-8-6(7(10)11)9(2)3/h4,6,8H,1,5H2,2-3H3,(H,10,11). The number of hydrogen-bond acceptors (Lipinski definition) is 3. The summed E-state index contributed by atoms with van der Waals surface area (Å²) in [6, 6.07) is 0. The van der Waals surface area contributed by atoms with Gasteiger partial charge in [-0.3, -0.25) is 10.2 Å². The number of carboxylic acid groups (broad SMARTS) is 1. The Labute approximate surface area is 66.5 Å². The Kier molecular flexibility index (Phi) is 4.49. The zero-order chi connectivity index (χ0) is 8.85. The maximum atomic E-state index is 10.5. The van der Waals surface area contributed by atoms with Gasteiger partial charge in [0.1, 0.15) is 0 Å². The first-order chi connectivity index (χ1) is 5.09. The molecular formula is C7H14N2O2. The van der Waals surface area contributed by atoms with Crippen LogP contribution in [0.15, 0.2) is 12.7 Å². The van der Waals surface area contributed by atoms with Gasteiger partial charge in [-0.15, -0.1) is 6.58 Å². The number of carbonyl (C=O) groups is 1. The fourth-order valence-corrected chi connectivity index (χ4v) is 0.686. The molecule has 0 saturated heterocycles. The highest BCUT2D eigenvalue weighted by Crippen LogP contribution is 1.87. The highest BCUT2D eigenvalue weighted by molar-refractivity contribution is 5.72. The van der Waals surface area contributed by atoms with E-state index in [0.29, 0.717) is 6.54 Å². The Morgan fingerprint density at radius 1 is 1.82 bits per heavy atom. The number of rotatable bonds is 5. The summed E-state index contributed by atoms with van der Waals surface area (Å²) in [5.41, 5.74) is 0. The summed E-state index contributed by atoms with van der Waals surface area (Å²) in [6.45, 7) is 3.97. The van der Waals surface area contributed by atoms with Gasteiger partial charge in [-0.2, -0.15) is 0 Å². The predicted molar refractivity (Wildman–Crippen MR) is 43.3 cm³/mol. The number of aliphatic carboxylic acids is 1. The lowest BCUT2D eigenvalue weighted by Gasteiger charge is -2.20. The minimum absolute atomic E-state index is 0.495. The molecule has 0 fully saturated rings. The molecule has 0 aromatic heterocycles. The number of nitrogens with one attached hydrogen (secondary N) is 1. The molecule has 0 saturated carbocycles. The van der Waals surface area contributed by atoms with Gasteiger partial charge in [-0.1, -0.05) is 6.08 Å². The van der Waals surface area contributed by atoms with Crippen LogP contribution in [0.5, 0.6) is 0 Å². The molecule has 0 aromatic carbocycles. The summed E-state index contributed by atoms with van der Waals surface area (Å²) in [5.74, 6) is -0.878. The van der Waals surface area contributed by atoms with E-state index < -0.39 is 12.1 Å². The molecule has 2 N–H and O–H groups in total. The van der Waals surface area contributed by atoms with Gasteiger partial charge < -0.3 is 5.11 Å². The van der Waals surface area contributed by atoms with Crippen molar-refractivity contribution in [2.24, 2.45) is 0 Å². The largest absolute Gasteiger partial charge is 0.479 e. The molecule has 4 heteroatoms. The maximum absolute atomic E-state index is 10.5. The van der Waals surface area contributed by atoms with Crippen LogP contribution in [0.2, 0.25) is 0 Å². The lowest BCUT2D eigenvalue weighted by atomic mass is 10.4. The second-order valence-corrected chi connectivity index (χ2v) is 2.40. The van der Waals surface area contributed by atoms with Crippen molar-refractivity contribution in [1.29, 1.82) is 0 Å². The van der Waals surface area contributed by atoms with Gasteiger partial charge >= 0.3 is 5.97 Å². The molecular weight excluding hydrogens is 144 g/mol. The molecule has 0 spiro atoms. The van der Waals surface area contributed by atoms with E-state index in [4.69, 9.17) is 5.11 Å². The zero-order valence-corrected chi connectivity index (χ0v) is 6.87. The summed E-state index contributed by atoms with van der Waals surface area (Å²) in [6.07, 6.45) is 0.993. The number of likely N-dealkylation sites (N-methyl/N-ethyl adjacent to an activating group) is 1. The van der Waals surface area contributed by atoms with E-state index >= 15 is 0 Å². The van der Waals surface area contributed by atoms with Crippen LogP contribution < -0.4 is 5.32 Å². The van der Waals surface area contributed by atoms with Gasteiger partial charge in [0, 0.05) is 6.54 Å². The molecule has 0 aromatic rings. The van der Waals surface area contributed by atoms with Crippen molar-refractivity contribution in [3.63, 3.8) is 0 Å². The van der Waals surface area contributed by atoms with Crippen LogP contribution in [0.3, 0.4) is 0 Å². The average molecular weight is 158 g/mol. The van der Waals surface area contributed by atoms with E-state index in [1.807, 2.05) is 0 Å². The second kappa shape index (κ2) is 4.87. The molecule has 0 aliphatic heterocycles. The van der Waals surface area contributed by atoms with Gasteiger partial charge in [0.05, 0.1) is 0 Å². The van der Waals surface area contributed by atoms with E-state index in [0.717, 1.165) is 0 Å². The van der Waals surface area contributed by atoms with Gasteiger partial charge in [0.15, 0.2) is 6.17 Å². The van der Waals surface area contributed by atoms with Crippen molar-refractivity contribution in [2.75, 3.05) is 20.6 Å². The average Bonchev–Trinajstić information content (AvgIpc) is 1.87. The van der Waals surface area contributed by atoms with Crippen molar-refractivity contribution in [2.45, 2.75) is 6.17 Å². The van der Waals surface area contributed by atoms with Gasteiger partial charge in [0.2, 0.25) is 0 Å². The molecule has 0 heterocycles. The first-order valence-electron chi connectivity index (χ1n) is 3.33. The lowest BCUT2D eigenvalue weighted by molar-refractivity contribution is -0.143. The van der Waals surface area contributed by atoms with Crippen molar-refractivity contribution < 1.29 is 9.90 Å². The Bertz CT molecular complexity index is 145. The first kappa shape index (κ1) is 10.1. The summed E-state index contributed by atoms with van der Waals surface area (Å²) in [5, 5.41) is 11.4. The van der Waals surface area contributed by atoms with Gasteiger partial charge in [-0.25, -0.2) is 4.79 Å². The summed E-state index contributed by atoms with van der Waals surface area (Å²) in [7, 11) is 3.41. The highest BCUT2D eigenvalue weighted by atomic mass is 16.4. The molecule has 0 bridgehead atoms. The van der Waals surface area contributed by atoms with Crippen LogP contribution in [-0.4, -0.2) is 42.8 Å². The molecule has 0 aliphatic rings. The van der Waals surface area contributed by atoms with Crippen molar-refractivity contribution >= 4 is 5.97 Å². The van der Waals surface area contributed by atoms with E-state index in [1.165, 1.54) is 0 Å². The monoisotopic (exact) mass is 158 g/mol. The van der Waals surface area contributed by atoms with Crippen LogP contribution >= 0.6 is 0 Å². The highest BCUT2D eigenvalue weighted by Gasteiger charge is 2.17. The van der Waals surface area contributed by atoms with Gasteiger partial charge in [0.25, 0.3) is 0 Å². The van der Waals surface area contributed by atoms with E-state index in [9.17, 15) is 4.79 Å². The van der Waals surface area contributed by atoms with Gasteiger partial charge in [-0.05, 0) is 14.1 Å². The Balaban J connectivity index is 3.89. The topological polar surface area (TPSA) is 52.6 Å². The number of carboxylic acids is 1. The van der Waals surface area contributed by atoms with E-state index in [-0.39, 0.29) is 0 Å². The SMILES string of the molecule is C=CCNC(C(=O)O)N(C)C. The fourth-order valence-electron chi connectivity index (χ4n) is 0.686. The third-order valence-electron chi connectivity index (χ3n) is 1.21. The molecule has 1 unspecified atom stereocenters. The molecule has 0 aliphatic carbocycles. The first-order valence-corrected chi connectivity index (χ1v) is 3.33. The maximum Gasteiger partial charge on any atom is 0.335 e. The lowest BCUT2D eigenvalue weighted by Crippen LogP contribution is -2.47. The van der Waals surface area contributed by atoms with Crippen LogP contribution in [0, 0.1) is 0 Å². The summed E-state index contributed by atoms with van der Waals surface area (Å²) in [4.78, 5) is 12.1.